The highest BCUT2D eigenvalue weighted by molar-refractivity contribution is 6.09. The van der Waals surface area contributed by atoms with Crippen LogP contribution in [0.5, 0.6) is 0 Å². The van der Waals surface area contributed by atoms with Crippen LogP contribution in [0.2, 0.25) is 0 Å². The highest BCUT2D eigenvalue weighted by Gasteiger charge is 2.43. The molecule has 0 aliphatic carbocycles. The largest absolute Gasteiger partial charge is 0.384 e. The molecule has 0 unspecified atom stereocenters. The minimum atomic E-state index is -0.487. The number of hydrogen-bond acceptors (Lipinski definition) is 4. The van der Waals surface area contributed by atoms with Gasteiger partial charge in [0.05, 0.1) is 10.8 Å². The standard InChI is InChI=1S/C15H17N3O.C12H15N3O/c1-9-8-16-13(17-9)10-5-6-11-12(7-10)18(4)14(19)15(11,2)3;1-12(2)8-5-4-7(10(13)14)6-9(8)15(3)11(12)16/h5-8H,1-4H3,(H,16,17);4-6H,1-3H3,(H3,13,14). The maximum atomic E-state index is 12.2. The van der Waals surface area contributed by atoms with Crippen LogP contribution in [0.4, 0.5) is 11.4 Å². The molecule has 8 heteroatoms. The molecule has 8 nitrogen and oxygen atoms in total. The Labute approximate surface area is 205 Å². The predicted molar refractivity (Wildman–Crippen MR) is 139 cm³/mol. The third kappa shape index (κ3) is 3.79. The van der Waals surface area contributed by atoms with Gasteiger partial charge in [0.15, 0.2) is 0 Å². The summed E-state index contributed by atoms with van der Waals surface area (Å²) < 4.78 is 0. The van der Waals surface area contributed by atoms with E-state index in [0.29, 0.717) is 5.56 Å². The number of carbonyl (C=O) groups is 2. The van der Waals surface area contributed by atoms with E-state index in [1.807, 2.05) is 65.9 Å². The lowest BCUT2D eigenvalue weighted by molar-refractivity contribution is -0.122. The molecule has 5 rings (SSSR count). The number of carbonyl (C=O) groups excluding carboxylic acids is 2. The quantitative estimate of drug-likeness (QED) is 0.387. The lowest BCUT2D eigenvalue weighted by Crippen LogP contribution is -2.33. The zero-order valence-electron chi connectivity index (χ0n) is 21.3. The summed E-state index contributed by atoms with van der Waals surface area (Å²) in [5.74, 6) is 1.07. The fourth-order valence-corrected chi connectivity index (χ4v) is 4.84. The van der Waals surface area contributed by atoms with E-state index in [9.17, 15) is 9.59 Å². The van der Waals surface area contributed by atoms with Crippen molar-refractivity contribution in [2.75, 3.05) is 23.9 Å². The molecule has 1 aromatic heterocycles. The average Bonchev–Trinajstić information content (AvgIpc) is 3.38. The molecule has 35 heavy (non-hydrogen) atoms. The van der Waals surface area contributed by atoms with Gasteiger partial charge in [-0.3, -0.25) is 15.0 Å². The number of rotatable bonds is 2. The molecule has 2 amide bonds. The number of aryl methyl sites for hydroxylation is 1. The summed E-state index contributed by atoms with van der Waals surface area (Å²) in [6.45, 7) is 9.72. The molecule has 0 spiro atoms. The van der Waals surface area contributed by atoms with Crippen molar-refractivity contribution in [2.24, 2.45) is 5.73 Å². The molecule has 0 saturated heterocycles. The molecular formula is C27H32N6O2. The Hall–Kier alpha value is -3.94. The van der Waals surface area contributed by atoms with Gasteiger partial charge in [-0.25, -0.2) is 4.98 Å². The van der Waals surface area contributed by atoms with Crippen molar-refractivity contribution >= 4 is 29.0 Å². The molecule has 182 valence electrons. The molecule has 0 saturated carbocycles. The SMILES string of the molecule is CN1C(=O)C(C)(C)c2ccc(C(=N)N)cc21.Cc1cnc(-c2ccc3c(c2)N(C)C(=O)C3(C)C)[nH]1. The van der Waals surface area contributed by atoms with Gasteiger partial charge in [-0.2, -0.15) is 0 Å². The zero-order valence-corrected chi connectivity index (χ0v) is 21.3. The first-order valence-corrected chi connectivity index (χ1v) is 11.5. The van der Waals surface area contributed by atoms with Crippen LogP contribution in [0, 0.1) is 12.3 Å². The van der Waals surface area contributed by atoms with Crippen molar-refractivity contribution in [3.8, 4) is 11.4 Å². The number of nitrogens with zero attached hydrogens (tertiary/aromatic N) is 3. The number of anilines is 2. The maximum absolute atomic E-state index is 12.2. The number of nitrogens with one attached hydrogen (secondary N) is 2. The van der Waals surface area contributed by atoms with E-state index in [1.54, 1.807) is 35.2 Å². The summed E-state index contributed by atoms with van der Waals surface area (Å²) >= 11 is 0. The van der Waals surface area contributed by atoms with Gasteiger partial charge in [0.1, 0.15) is 11.7 Å². The predicted octanol–water partition coefficient (Wildman–Crippen LogP) is 3.86. The maximum Gasteiger partial charge on any atom is 0.236 e. The van der Waals surface area contributed by atoms with Gasteiger partial charge in [-0.05, 0) is 57.9 Å². The lowest BCUT2D eigenvalue weighted by Gasteiger charge is -2.16. The number of amides is 2. The number of imidazole rings is 1. The van der Waals surface area contributed by atoms with Crippen LogP contribution in [-0.2, 0) is 20.4 Å². The molecular weight excluding hydrogens is 440 g/mol. The van der Waals surface area contributed by atoms with Gasteiger partial charge >= 0.3 is 0 Å². The number of aromatic amines is 1. The summed E-state index contributed by atoms with van der Waals surface area (Å²) in [5, 5.41) is 7.39. The first-order valence-electron chi connectivity index (χ1n) is 11.5. The molecule has 4 N–H and O–H groups in total. The molecule has 3 heterocycles. The Morgan fingerprint density at radius 1 is 0.914 bits per heavy atom. The first-order chi connectivity index (χ1) is 16.3. The highest BCUT2D eigenvalue weighted by Crippen LogP contribution is 2.42. The minimum absolute atomic E-state index is 0.0216. The number of amidine groups is 1. The minimum Gasteiger partial charge on any atom is -0.384 e. The normalized spacial score (nSPS) is 17.1. The topological polar surface area (TPSA) is 119 Å². The van der Waals surface area contributed by atoms with Gasteiger partial charge < -0.3 is 20.5 Å². The van der Waals surface area contributed by atoms with Gasteiger partial charge in [0, 0.05) is 48.5 Å². The van der Waals surface area contributed by atoms with Crippen molar-refractivity contribution in [1.82, 2.24) is 9.97 Å². The van der Waals surface area contributed by atoms with Crippen LogP contribution in [0.25, 0.3) is 11.4 Å². The fraction of sp³-hybridized carbons (Fsp3) is 0.333. The van der Waals surface area contributed by atoms with Crippen LogP contribution < -0.4 is 15.5 Å². The number of hydrogen-bond donors (Lipinski definition) is 3. The molecule has 0 bridgehead atoms. The van der Waals surface area contributed by atoms with Crippen LogP contribution in [0.15, 0.2) is 42.6 Å². The average molecular weight is 473 g/mol. The monoisotopic (exact) mass is 472 g/mol. The van der Waals surface area contributed by atoms with E-state index in [0.717, 1.165) is 39.6 Å². The number of aromatic nitrogens is 2. The summed E-state index contributed by atoms with van der Waals surface area (Å²) in [5.41, 5.74) is 11.1. The summed E-state index contributed by atoms with van der Waals surface area (Å²) in [6, 6.07) is 11.5. The molecule has 2 aliphatic heterocycles. The van der Waals surface area contributed by atoms with E-state index < -0.39 is 10.8 Å². The molecule has 2 aromatic carbocycles. The van der Waals surface area contributed by atoms with Gasteiger partial charge in [0.2, 0.25) is 11.8 Å². The number of H-pyrrole nitrogens is 1. The fourth-order valence-electron chi connectivity index (χ4n) is 4.84. The molecule has 0 radical (unpaired) electrons. The van der Waals surface area contributed by atoms with Gasteiger partial charge in [0.25, 0.3) is 0 Å². The van der Waals surface area contributed by atoms with Crippen molar-refractivity contribution in [1.29, 1.82) is 5.41 Å². The smallest absolute Gasteiger partial charge is 0.236 e. The van der Waals surface area contributed by atoms with Crippen molar-refractivity contribution in [3.63, 3.8) is 0 Å². The molecule has 3 aromatic rings. The van der Waals surface area contributed by atoms with E-state index in [-0.39, 0.29) is 17.6 Å². The first kappa shape index (κ1) is 24.2. The second kappa shape index (κ2) is 8.08. The van der Waals surface area contributed by atoms with Crippen LogP contribution in [0.1, 0.15) is 50.1 Å². The van der Waals surface area contributed by atoms with E-state index >= 15 is 0 Å². The highest BCUT2D eigenvalue weighted by atomic mass is 16.2. The Morgan fingerprint density at radius 3 is 1.91 bits per heavy atom. The summed E-state index contributed by atoms with van der Waals surface area (Å²) in [6.07, 6.45) is 1.81. The van der Waals surface area contributed by atoms with Crippen molar-refractivity contribution < 1.29 is 9.59 Å². The number of likely N-dealkylation sites (N-methyl/N-ethyl adjacent to an activating group) is 2. The van der Waals surface area contributed by atoms with Crippen LogP contribution in [0.3, 0.4) is 0 Å². The zero-order chi connectivity index (χ0) is 25.9. The molecule has 2 aliphatic rings. The Balaban J connectivity index is 0.000000168. The molecule has 0 fully saturated rings. The van der Waals surface area contributed by atoms with E-state index in [4.69, 9.17) is 11.1 Å². The van der Waals surface area contributed by atoms with Gasteiger partial charge in [-0.15, -0.1) is 0 Å². The van der Waals surface area contributed by atoms with Gasteiger partial charge in [-0.1, -0.05) is 24.3 Å². The number of benzene rings is 2. The second-order valence-corrected chi connectivity index (χ2v) is 10.3. The third-order valence-electron chi connectivity index (χ3n) is 7.03. The van der Waals surface area contributed by atoms with Crippen molar-refractivity contribution in [2.45, 2.75) is 45.4 Å². The third-order valence-corrected chi connectivity index (χ3v) is 7.03. The number of nitrogen functional groups attached to an aromatic ring is 1. The van der Waals surface area contributed by atoms with Crippen LogP contribution >= 0.6 is 0 Å². The van der Waals surface area contributed by atoms with Crippen molar-refractivity contribution in [3.05, 3.63) is 65.0 Å². The Bertz CT molecular complexity index is 1370. The Kier molecular flexibility index (Phi) is 5.58. The number of nitrogens with two attached hydrogens (primary N) is 1. The Morgan fingerprint density at radius 2 is 1.43 bits per heavy atom. The van der Waals surface area contributed by atoms with E-state index in [2.05, 4.69) is 9.97 Å². The molecule has 0 atom stereocenters. The number of fused-ring (bicyclic) bond motifs is 2. The second-order valence-electron chi connectivity index (χ2n) is 10.3. The van der Waals surface area contributed by atoms with Crippen LogP contribution in [-0.4, -0.2) is 41.7 Å². The van der Waals surface area contributed by atoms with E-state index in [1.165, 1.54) is 0 Å². The summed E-state index contributed by atoms with van der Waals surface area (Å²) in [7, 11) is 3.58. The summed E-state index contributed by atoms with van der Waals surface area (Å²) in [4.78, 5) is 35.2. The lowest BCUT2D eigenvalue weighted by atomic mass is 9.86.